The normalized spacial score (nSPS) is 11.5. The first kappa shape index (κ1) is 10.7. The number of rotatable bonds is 1. The first-order chi connectivity index (χ1) is 5.87. The molecule has 0 atom stereocenters. The van der Waals surface area contributed by atoms with Crippen LogP contribution in [-0.2, 0) is 0 Å². The summed E-state index contributed by atoms with van der Waals surface area (Å²) in [5.41, 5.74) is -0.315. The van der Waals surface area contributed by atoms with E-state index in [0.717, 1.165) is 0 Å². The van der Waals surface area contributed by atoms with Crippen LogP contribution in [0.1, 0.15) is 20.8 Å². The number of ether oxygens (including phenoxy) is 1. The Morgan fingerprint density at radius 2 is 2.00 bits per heavy atom. The lowest BCUT2D eigenvalue weighted by molar-refractivity contribution is 0.116. The summed E-state index contributed by atoms with van der Waals surface area (Å²) < 4.78 is 6.04. The maximum absolute atomic E-state index is 5.72. The van der Waals surface area contributed by atoms with Gasteiger partial charge < -0.3 is 4.74 Å². The van der Waals surface area contributed by atoms with Gasteiger partial charge in [0.25, 0.3) is 0 Å². The van der Waals surface area contributed by atoms with E-state index in [4.69, 9.17) is 16.3 Å². The summed E-state index contributed by atoms with van der Waals surface area (Å²) in [7, 11) is 0. The Labute approximate surface area is 90.6 Å². The number of halogens is 2. The molecule has 0 fully saturated rings. The Balaban J connectivity index is 2.90. The molecule has 1 rings (SSSR count). The maximum Gasteiger partial charge on any atom is 0.319 e. The molecule has 0 spiro atoms. The monoisotopic (exact) mass is 264 g/mol. The molecule has 0 unspecified atom stereocenters. The van der Waals surface area contributed by atoms with E-state index in [1.807, 2.05) is 20.8 Å². The zero-order valence-corrected chi connectivity index (χ0v) is 9.98. The van der Waals surface area contributed by atoms with Crippen molar-refractivity contribution in [2.75, 3.05) is 0 Å². The van der Waals surface area contributed by atoms with Gasteiger partial charge in [-0.2, -0.15) is 9.97 Å². The highest BCUT2D eigenvalue weighted by atomic mass is 79.9. The highest BCUT2D eigenvalue weighted by molar-refractivity contribution is 9.10. The Hall–Kier alpha value is -0.350. The van der Waals surface area contributed by atoms with E-state index in [2.05, 4.69) is 25.9 Å². The summed E-state index contributed by atoms with van der Waals surface area (Å²) in [6.07, 6.45) is 0. The fourth-order valence-electron chi connectivity index (χ4n) is 0.690. The van der Waals surface area contributed by atoms with Crippen LogP contribution in [0.15, 0.2) is 10.7 Å². The maximum atomic E-state index is 5.72. The minimum absolute atomic E-state index is 0.284. The van der Waals surface area contributed by atoms with Gasteiger partial charge in [-0.1, -0.05) is 11.6 Å². The van der Waals surface area contributed by atoms with Gasteiger partial charge in [-0.05, 0) is 36.7 Å². The lowest BCUT2D eigenvalue weighted by Crippen LogP contribution is -2.24. The van der Waals surface area contributed by atoms with Gasteiger partial charge in [-0.25, -0.2) is 0 Å². The van der Waals surface area contributed by atoms with E-state index in [1.54, 1.807) is 6.07 Å². The molecule has 0 saturated heterocycles. The van der Waals surface area contributed by atoms with Crippen molar-refractivity contribution in [3.8, 4) is 6.01 Å². The summed E-state index contributed by atoms with van der Waals surface area (Å²) in [6.45, 7) is 5.77. The average molecular weight is 266 g/mol. The minimum Gasteiger partial charge on any atom is -0.458 e. The van der Waals surface area contributed by atoms with E-state index >= 15 is 0 Å². The molecule has 72 valence electrons. The van der Waals surface area contributed by atoms with E-state index in [1.165, 1.54) is 0 Å². The van der Waals surface area contributed by atoms with Crippen LogP contribution in [0, 0.1) is 0 Å². The first-order valence-corrected chi connectivity index (χ1v) is 4.93. The van der Waals surface area contributed by atoms with Crippen molar-refractivity contribution in [1.29, 1.82) is 0 Å². The molecule has 0 N–H and O–H groups in total. The fraction of sp³-hybridized carbons (Fsp3) is 0.500. The van der Waals surface area contributed by atoms with E-state index in [-0.39, 0.29) is 11.6 Å². The van der Waals surface area contributed by atoms with Gasteiger partial charge in [0, 0.05) is 6.07 Å². The second-order valence-corrected chi connectivity index (χ2v) is 4.71. The third-order valence-corrected chi connectivity index (χ3v) is 1.64. The molecule has 0 bridgehead atoms. The highest BCUT2D eigenvalue weighted by Gasteiger charge is 2.14. The third-order valence-electron chi connectivity index (χ3n) is 1.04. The smallest absolute Gasteiger partial charge is 0.319 e. The molecular formula is C8H10BrClN2O. The summed E-state index contributed by atoms with van der Waals surface area (Å²) in [4.78, 5) is 7.94. The summed E-state index contributed by atoms with van der Waals surface area (Å²) in [5.74, 6) is 0. The molecule has 0 amide bonds. The molecule has 0 radical (unpaired) electrons. The van der Waals surface area contributed by atoms with Crippen LogP contribution in [0.5, 0.6) is 6.01 Å². The minimum atomic E-state index is -0.315. The van der Waals surface area contributed by atoms with Gasteiger partial charge in [0.2, 0.25) is 0 Å². The number of nitrogens with zero attached hydrogens (tertiary/aromatic N) is 2. The standard InChI is InChI=1S/C8H10BrClN2O/c1-8(2,3)13-7-11-5(9)4-6(10)12-7/h4H,1-3H3. The number of hydrogen-bond acceptors (Lipinski definition) is 3. The van der Waals surface area contributed by atoms with Crippen molar-refractivity contribution in [3.63, 3.8) is 0 Å². The molecule has 0 aliphatic heterocycles. The van der Waals surface area contributed by atoms with Gasteiger partial charge in [0.05, 0.1) is 0 Å². The topological polar surface area (TPSA) is 35.0 Å². The average Bonchev–Trinajstić information content (AvgIpc) is 1.78. The molecule has 0 aromatic carbocycles. The predicted molar refractivity (Wildman–Crippen MR) is 55.1 cm³/mol. The first-order valence-electron chi connectivity index (χ1n) is 3.76. The molecule has 1 heterocycles. The number of hydrogen-bond donors (Lipinski definition) is 0. The molecule has 1 aromatic heterocycles. The third kappa shape index (κ3) is 3.91. The van der Waals surface area contributed by atoms with Gasteiger partial charge >= 0.3 is 6.01 Å². The molecule has 5 heteroatoms. The Morgan fingerprint density at radius 1 is 1.38 bits per heavy atom. The zero-order chi connectivity index (χ0) is 10.1. The van der Waals surface area contributed by atoms with Crippen LogP contribution in [0.25, 0.3) is 0 Å². The lowest BCUT2D eigenvalue weighted by atomic mass is 10.2. The summed E-state index contributed by atoms with van der Waals surface area (Å²) in [5, 5.41) is 0.362. The predicted octanol–water partition coefficient (Wildman–Crippen LogP) is 3.07. The number of aromatic nitrogens is 2. The molecule has 0 saturated carbocycles. The Morgan fingerprint density at radius 3 is 2.46 bits per heavy atom. The Bertz CT molecular complexity index is 291. The second-order valence-electron chi connectivity index (χ2n) is 3.51. The molecular weight excluding hydrogens is 255 g/mol. The van der Waals surface area contributed by atoms with E-state index < -0.39 is 0 Å². The van der Waals surface area contributed by atoms with Gasteiger partial charge in [0.15, 0.2) is 0 Å². The Kier molecular flexibility index (Phi) is 3.14. The van der Waals surface area contributed by atoms with Crippen molar-refractivity contribution >= 4 is 27.5 Å². The van der Waals surface area contributed by atoms with Gasteiger partial charge in [0.1, 0.15) is 15.4 Å². The summed E-state index contributed by atoms with van der Waals surface area (Å²) in [6, 6.07) is 1.89. The van der Waals surface area contributed by atoms with Crippen molar-refractivity contribution in [2.24, 2.45) is 0 Å². The van der Waals surface area contributed by atoms with Crippen LogP contribution in [0.3, 0.4) is 0 Å². The van der Waals surface area contributed by atoms with Crippen LogP contribution < -0.4 is 4.74 Å². The van der Waals surface area contributed by atoms with Crippen LogP contribution >= 0.6 is 27.5 Å². The van der Waals surface area contributed by atoms with Crippen molar-refractivity contribution in [2.45, 2.75) is 26.4 Å². The van der Waals surface area contributed by atoms with Crippen molar-refractivity contribution < 1.29 is 4.74 Å². The fourth-order valence-corrected chi connectivity index (χ4v) is 1.37. The lowest BCUT2D eigenvalue weighted by Gasteiger charge is -2.19. The van der Waals surface area contributed by atoms with Gasteiger partial charge in [-0.15, -0.1) is 0 Å². The van der Waals surface area contributed by atoms with E-state index in [0.29, 0.717) is 9.76 Å². The van der Waals surface area contributed by atoms with Crippen LogP contribution in [-0.4, -0.2) is 15.6 Å². The van der Waals surface area contributed by atoms with Crippen LogP contribution in [0.2, 0.25) is 5.15 Å². The molecule has 3 nitrogen and oxygen atoms in total. The summed E-state index contributed by atoms with van der Waals surface area (Å²) >= 11 is 8.92. The SMILES string of the molecule is CC(C)(C)Oc1nc(Cl)cc(Br)n1. The van der Waals surface area contributed by atoms with Gasteiger partial charge in [-0.3, -0.25) is 0 Å². The van der Waals surface area contributed by atoms with Crippen LogP contribution in [0.4, 0.5) is 0 Å². The molecule has 0 aliphatic rings. The highest BCUT2D eigenvalue weighted by Crippen LogP contribution is 2.19. The van der Waals surface area contributed by atoms with Crippen molar-refractivity contribution in [3.05, 3.63) is 15.8 Å². The second kappa shape index (κ2) is 3.80. The van der Waals surface area contributed by atoms with E-state index in [9.17, 15) is 0 Å². The van der Waals surface area contributed by atoms with Crippen molar-refractivity contribution in [1.82, 2.24) is 9.97 Å². The molecule has 0 aliphatic carbocycles. The quantitative estimate of drug-likeness (QED) is 0.732. The zero-order valence-electron chi connectivity index (χ0n) is 7.64. The molecule has 1 aromatic rings. The largest absolute Gasteiger partial charge is 0.458 e. The molecule has 13 heavy (non-hydrogen) atoms.